The molecule has 0 fully saturated rings. The van der Waals surface area contributed by atoms with E-state index in [0.29, 0.717) is 11.0 Å². The summed E-state index contributed by atoms with van der Waals surface area (Å²) in [6.07, 6.45) is 3.48. The zero-order valence-electron chi connectivity index (χ0n) is 15.7. The predicted molar refractivity (Wildman–Crippen MR) is 109 cm³/mol. The summed E-state index contributed by atoms with van der Waals surface area (Å²) in [6.45, 7) is 8.82. The van der Waals surface area contributed by atoms with Crippen molar-refractivity contribution < 1.29 is 4.79 Å². The van der Waals surface area contributed by atoms with Crippen LogP contribution in [0.25, 0.3) is 11.4 Å². The maximum Gasteiger partial charge on any atom is 0.239 e. The summed E-state index contributed by atoms with van der Waals surface area (Å²) in [7, 11) is 0. The largest absolute Gasteiger partial charge is 0.302 e. The summed E-state index contributed by atoms with van der Waals surface area (Å²) in [5.74, 6) is 1.11. The molecule has 0 aliphatic rings. The van der Waals surface area contributed by atoms with Gasteiger partial charge in [0, 0.05) is 29.9 Å². The molecule has 1 atom stereocenters. The average molecular weight is 403 g/mol. The first-order valence-electron chi connectivity index (χ1n) is 8.67. The highest BCUT2D eigenvalue weighted by Gasteiger charge is 2.22. The number of aromatic nitrogens is 5. The van der Waals surface area contributed by atoms with Crippen LogP contribution in [0.1, 0.15) is 26.5 Å². The van der Waals surface area contributed by atoms with Crippen LogP contribution in [0, 0.1) is 12.8 Å². The lowest BCUT2D eigenvalue weighted by Gasteiger charge is -2.14. The van der Waals surface area contributed by atoms with Gasteiger partial charge in [-0.2, -0.15) is 0 Å². The van der Waals surface area contributed by atoms with Gasteiger partial charge in [-0.25, -0.2) is 4.98 Å². The molecule has 7 nitrogen and oxygen atoms in total. The first-order valence-corrected chi connectivity index (χ1v) is 10.4. The Kier molecular flexibility index (Phi) is 6.22. The van der Waals surface area contributed by atoms with Gasteiger partial charge in [0.15, 0.2) is 16.1 Å². The molecule has 142 valence electrons. The predicted octanol–water partition coefficient (Wildman–Crippen LogP) is 3.88. The fourth-order valence-corrected chi connectivity index (χ4v) is 4.00. The summed E-state index contributed by atoms with van der Waals surface area (Å²) < 4.78 is 2.07. The van der Waals surface area contributed by atoms with Gasteiger partial charge in [-0.15, -0.1) is 21.5 Å². The van der Waals surface area contributed by atoms with Gasteiger partial charge in [-0.3, -0.25) is 9.78 Å². The number of aryl methyl sites for hydroxylation is 1. The first kappa shape index (κ1) is 19.5. The second-order valence-corrected chi connectivity index (χ2v) is 8.76. The Bertz CT molecular complexity index is 906. The summed E-state index contributed by atoms with van der Waals surface area (Å²) >= 11 is 2.82. The molecule has 3 aromatic heterocycles. The Morgan fingerprint density at radius 3 is 2.63 bits per heavy atom. The molecule has 0 aliphatic carbocycles. The quantitative estimate of drug-likeness (QED) is 0.604. The van der Waals surface area contributed by atoms with Gasteiger partial charge in [-0.05, 0) is 31.9 Å². The maximum absolute atomic E-state index is 12.5. The van der Waals surface area contributed by atoms with E-state index in [9.17, 15) is 4.79 Å². The Morgan fingerprint density at radius 1 is 1.26 bits per heavy atom. The van der Waals surface area contributed by atoms with E-state index in [4.69, 9.17) is 0 Å². The zero-order valence-corrected chi connectivity index (χ0v) is 17.3. The second kappa shape index (κ2) is 8.62. The number of thioether (sulfide) groups is 1. The summed E-state index contributed by atoms with van der Waals surface area (Å²) in [5, 5.41) is 14.5. The molecule has 1 N–H and O–H groups in total. The number of carbonyl (C=O) groups is 1. The van der Waals surface area contributed by atoms with E-state index in [0.717, 1.165) is 28.8 Å². The standard InChI is InChI=1S/C18H22N6OS2/c1-11(2)9-24-15(14-5-7-19-8-6-14)22-23-18(24)27-13(4)16(25)21-17-20-12(3)10-26-17/h5-8,10-11,13H,9H2,1-4H3,(H,20,21,25)/t13-/m0/s1. The van der Waals surface area contributed by atoms with E-state index in [1.54, 1.807) is 12.4 Å². The number of hydrogen-bond acceptors (Lipinski definition) is 7. The molecule has 1 amide bonds. The highest BCUT2D eigenvalue weighted by atomic mass is 32.2. The number of nitrogens with one attached hydrogen (secondary N) is 1. The summed E-state index contributed by atoms with van der Waals surface area (Å²) in [6, 6.07) is 3.83. The van der Waals surface area contributed by atoms with Gasteiger partial charge in [-0.1, -0.05) is 25.6 Å². The van der Waals surface area contributed by atoms with Crippen LogP contribution in [0.5, 0.6) is 0 Å². The maximum atomic E-state index is 12.5. The van der Waals surface area contributed by atoms with Crippen molar-refractivity contribution in [2.45, 2.75) is 44.6 Å². The van der Waals surface area contributed by atoms with Crippen LogP contribution < -0.4 is 5.32 Å². The molecule has 0 unspecified atom stereocenters. The number of hydrogen-bond donors (Lipinski definition) is 1. The Hall–Kier alpha value is -2.26. The number of anilines is 1. The van der Waals surface area contributed by atoms with Crippen molar-refractivity contribution in [1.82, 2.24) is 24.7 Å². The topological polar surface area (TPSA) is 85.6 Å². The molecule has 0 bridgehead atoms. The molecule has 0 saturated carbocycles. The van der Waals surface area contributed by atoms with Crippen molar-refractivity contribution in [2.24, 2.45) is 5.92 Å². The number of amides is 1. The van der Waals surface area contributed by atoms with Gasteiger partial charge >= 0.3 is 0 Å². The lowest BCUT2D eigenvalue weighted by atomic mass is 10.2. The lowest BCUT2D eigenvalue weighted by molar-refractivity contribution is -0.115. The van der Waals surface area contributed by atoms with E-state index in [1.165, 1.54) is 23.1 Å². The lowest BCUT2D eigenvalue weighted by Crippen LogP contribution is -2.23. The van der Waals surface area contributed by atoms with E-state index in [2.05, 4.69) is 43.9 Å². The minimum absolute atomic E-state index is 0.0982. The normalized spacial score (nSPS) is 12.3. The summed E-state index contributed by atoms with van der Waals surface area (Å²) in [5.41, 5.74) is 1.86. The van der Waals surface area contributed by atoms with Crippen molar-refractivity contribution in [3.63, 3.8) is 0 Å². The SMILES string of the molecule is Cc1csc(NC(=O)[C@H](C)Sc2nnc(-c3ccncc3)n2CC(C)C)n1. The number of pyridine rings is 1. The average Bonchev–Trinajstić information content (AvgIpc) is 3.21. The Morgan fingerprint density at radius 2 is 2.00 bits per heavy atom. The summed E-state index contributed by atoms with van der Waals surface area (Å²) in [4.78, 5) is 20.8. The minimum Gasteiger partial charge on any atom is -0.302 e. The minimum atomic E-state index is -0.324. The van der Waals surface area contributed by atoms with Gasteiger partial charge in [0.2, 0.25) is 5.91 Å². The van der Waals surface area contributed by atoms with Crippen molar-refractivity contribution in [2.75, 3.05) is 5.32 Å². The van der Waals surface area contributed by atoms with Crippen LogP contribution in [0.2, 0.25) is 0 Å². The molecular weight excluding hydrogens is 380 g/mol. The number of nitrogens with zero attached hydrogens (tertiary/aromatic N) is 5. The monoisotopic (exact) mass is 402 g/mol. The van der Waals surface area contributed by atoms with Crippen LogP contribution >= 0.6 is 23.1 Å². The molecule has 0 saturated heterocycles. The molecule has 27 heavy (non-hydrogen) atoms. The Balaban J connectivity index is 1.79. The van der Waals surface area contributed by atoms with Gasteiger partial charge in [0.1, 0.15) is 0 Å². The van der Waals surface area contributed by atoms with Crippen molar-refractivity contribution in [3.05, 3.63) is 35.6 Å². The third kappa shape index (κ3) is 4.92. The molecule has 3 heterocycles. The molecule has 0 spiro atoms. The third-order valence-electron chi connectivity index (χ3n) is 3.70. The van der Waals surface area contributed by atoms with Crippen LogP contribution in [-0.2, 0) is 11.3 Å². The third-order valence-corrected chi connectivity index (χ3v) is 5.66. The highest BCUT2D eigenvalue weighted by molar-refractivity contribution is 8.00. The van der Waals surface area contributed by atoms with Crippen LogP contribution in [0.15, 0.2) is 35.1 Å². The number of thiazole rings is 1. The van der Waals surface area contributed by atoms with Gasteiger partial charge in [0.25, 0.3) is 0 Å². The van der Waals surface area contributed by atoms with Crippen LogP contribution in [0.3, 0.4) is 0 Å². The first-order chi connectivity index (χ1) is 12.9. The fourth-order valence-electron chi connectivity index (χ4n) is 2.45. The molecule has 9 heteroatoms. The molecule has 0 aromatic carbocycles. The molecule has 0 radical (unpaired) electrons. The van der Waals surface area contributed by atoms with Crippen LogP contribution in [-0.4, -0.2) is 35.9 Å². The van der Waals surface area contributed by atoms with Gasteiger partial charge in [0.05, 0.1) is 10.9 Å². The zero-order chi connectivity index (χ0) is 19.4. The van der Waals surface area contributed by atoms with E-state index >= 15 is 0 Å². The second-order valence-electron chi connectivity index (χ2n) is 6.59. The molecule has 3 rings (SSSR count). The van der Waals surface area contributed by atoms with Crippen molar-refractivity contribution >= 4 is 34.1 Å². The van der Waals surface area contributed by atoms with E-state index in [-0.39, 0.29) is 11.2 Å². The smallest absolute Gasteiger partial charge is 0.239 e. The highest BCUT2D eigenvalue weighted by Crippen LogP contribution is 2.28. The molecular formula is C18H22N6OS2. The van der Waals surface area contributed by atoms with Gasteiger partial charge < -0.3 is 9.88 Å². The number of rotatable bonds is 7. The van der Waals surface area contributed by atoms with Crippen molar-refractivity contribution in [1.29, 1.82) is 0 Å². The fraction of sp³-hybridized carbons (Fsp3) is 0.389. The van der Waals surface area contributed by atoms with E-state index in [1.807, 2.05) is 31.4 Å². The Labute approximate surface area is 166 Å². The van der Waals surface area contributed by atoms with Crippen molar-refractivity contribution in [3.8, 4) is 11.4 Å². The molecule has 3 aromatic rings. The van der Waals surface area contributed by atoms with Crippen LogP contribution in [0.4, 0.5) is 5.13 Å². The van der Waals surface area contributed by atoms with E-state index < -0.39 is 0 Å². The molecule has 0 aliphatic heterocycles. The number of carbonyl (C=O) groups excluding carboxylic acids is 1.